The Balaban J connectivity index is 2.62. The first-order valence-electron chi connectivity index (χ1n) is 3.94. The van der Waals surface area contributed by atoms with E-state index in [4.69, 9.17) is 5.73 Å². The molecular weight excluding hydrogens is 225 g/mol. The molecule has 6 heteroatoms. The number of aromatic nitrogens is 1. The summed E-state index contributed by atoms with van der Waals surface area (Å²) >= 11 is 0.998. The van der Waals surface area contributed by atoms with Gasteiger partial charge in [0.05, 0.1) is 5.56 Å². The summed E-state index contributed by atoms with van der Waals surface area (Å²) < 4.78 is 39.1. The van der Waals surface area contributed by atoms with E-state index in [1.165, 1.54) is 5.38 Å². The first-order chi connectivity index (χ1) is 7.08. The molecule has 0 bridgehead atoms. The molecule has 2 rings (SSSR count). The van der Waals surface area contributed by atoms with Gasteiger partial charge < -0.3 is 5.73 Å². The van der Waals surface area contributed by atoms with Crippen molar-refractivity contribution in [2.75, 3.05) is 5.73 Å². The molecule has 0 saturated carbocycles. The normalized spacial score (nSPS) is 10.6. The predicted octanol–water partition coefficient (Wildman–Crippen LogP) is 2.81. The molecule has 0 aliphatic carbocycles. The standard InChI is InChI=1S/C9H5F3N2S/c10-4-1-5(11)8(6(12)2-4)9-14-7(13)3-15-9/h1-3H,13H2. The van der Waals surface area contributed by atoms with Crippen LogP contribution in [-0.4, -0.2) is 4.98 Å². The topological polar surface area (TPSA) is 38.9 Å². The zero-order valence-electron chi connectivity index (χ0n) is 7.30. The van der Waals surface area contributed by atoms with Gasteiger partial charge in [-0.2, -0.15) is 0 Å². The van der Waals surface area contributed by atoms with Crippen molar-refractivity contribution in [1.29, 1.82) is 0 Å². The van der Waals surface area contributed by atoms with Crippen molar-refractivity contribution < 1.29 is 13.2 Å². The van der Waals surface area contributed by atoms with Crippen molar-refractivity contribution >= 4 is 17.2 Å². The Bertz CT molecular complexity index is 487. The Labute approximate surface area is 87.2 Å². The quantitative estimate of drug-likeness (QED) is 0.818. The molecule has 0 spiro atoms. The summed E-state index contributed by atoms with van der Waals surface area (Å²) in [6, 6.07) is 1.21. The van der Waals surface area contributed by atoms with Gasteiger partial charge in [0, 0.05) is 17.5 Å². The minimum absolute atomic E-state index is 0.0995. The molecule has 0 atom stereocenters. The average molecular weight is 230 g/mol. The number of benzene rings is 1. The number of nitrogens with two attached hydrogens (primary N) is 1. The number of rotatable bonds is 1. The molecule has 0 amide bonds. The van der Waals surface area contributed by atoms with E-state index in [2.05, 4.69) is 4.98 Å². The smallest absolute Gasteiger partial charge is 0.139 e. The van der Waals surface area contributed by atoms with Crippen LogP contribution in [-0.2, 0) is 0 Å². The van der Waals surface area contributed by atoms with Crippen molar-refractivity contribution in [2.45, 2.75) is 0 Å². The molecule has 1 aromatic heterocycles. The summed E-state index contributed by atoms with van der Waals surface area (Å²) in [7, 11) is 0. The third-order valence-corrected chi connectivity index (χ3v) is 2.62. The van der Waals surface area contributed by atoms with Crippen molar-refractivity contribution in [1.82, 2.24) is 4.98 Å². The van der Waals surface area contributed by atoms with Crippen molar-refractivity contribution in [2.24, 2.45) is 0 Å². The summed E-state index contributed by atoms with van der Waals surface area (Å²) in [5, 5.41) is 1.56. The average Bonchev–Trinajstić information content (AvgIpc) is 2.49. The Kier molecular flexibility index (Phi) is 2.36. The number of halogens is 3. The molecule has 1 heterocycles. The number of hydrogen-bond donors (Lipinski definition) is 1. The van der Waals surface area contributed by atoms with E-state index in [0.29, 0.717) is 12.1 Å². The fraction of sp³-hybridized carbons (Fsp3) is 0. The first kappa shape index (κ1) is 9.97. The molecule has 0 fully saturated rings. The lowest BCUT2D eigenvalue weighted by Gasteiger charge is -2.00. The zero-order chi connectivity index (χ0) is 11.0. The highest BCUT2D eigenvalue weighted by molar-refractivity contribution is 7.13. The number of thiazole rings is 1. The van der Waals surface area contributed by atoms with E-state index < -0.39 is 17.5 Å². The van der Waals surface area contributed by atoms with E-state index in [-0.39, 0.29) is 16.4 Å². The van der Waals surface area contributed by atoms with Crippen LogP contribution in [0.4, 0.5) is 19.0 Å². The van der Waals surface area contributed by atoms with Gasteiger partial charge >= 0.3 is 0 Å². The molecular formula is C9H5F3N2S. The van der Waals surface area contributed by atoms with Crippen molar-refractivity contribution in [3.05, 3.63) is 35.0 Å². The maximum atomic E-state index is 13.3. The molecule has 0 aliphatic heterocycles. The van der Waals surface area contributed by atoms with Gasteiger partial charge in [0.1, 0.15) is 28.3 Å². The number of nitrogen functional groups attached to an aromatic ring is 1. The molecule has 0 aliphatic rings. The van der Waals surface area contributed by atoms with Crippen LogP contribution in [0.25, 0.3) is 10.6 Å². The summed E-state index contributed by atoms with van der Waals surface area (Å²) in [6.07, 6.45) is 0. The lowest BCUT2D eigenvalue weighted by molar-refractivity contribution is 0.548. The number of nitrogens with zero attached hydrogens (tertiary/aromatic N) is 1. The maximum Gasteiger partial charge on any atom is 0.139 e. The van der Waals surface area contributed by atoms with Crippen LogP contribution >= 0.6 is 11.3 Å². The molecule has 1 aromatic carbocycles. The highest BCUT2D eigenvalue weighted by atomic mass is 32.1. The lowest BCUT2D eigenvalue weighted by Crippen LogP contribution is -1.92. The van der Waals surface area contributed by atoms with Crippen LogP contribution in [0.5, 0.6) is 0 Å². The third-order valence-electron chi connectivity index (χ3n) is 1.74. The van der Waals surface area contributed by atoms with E-state index in [0.717, 1.165) is 11.3 Å². The Morgan fingerprint density at radius 1 is 1.13 bits per heavy atom. The van der Waals surface area contributed by atoms with Gasteiger partial charge in [0.25, 0.3) is 0 Å². The zero-order valence-corrected chi connectivity index (χ0v) is 8.12. The maximum absolute atomic E-state index is 13.3. The van der Waals surface area contributed by atoms with Gasteiger partial charge in [0.2, 0.25) is 0 Å². The minimum Gasteiger partial charge on any atom is -0.383 e. The Morgan fingerprint density at radius 3 is 2.20 bits per heavy atom. The monoisotopic (exact) mass is 230 g/mol. The van der Waals surface area contributed by atoms with Crippen LogP contribution in [0, 0.1) is 17.5 Å². The molecule has 0 unspecified atom stereocenters. The summed E-state index contributed by atoms with van der Waals surface area (Å²) in [5.74, 6) is -2.75. The molecule has 15 heavy (non-hydrogen) atoms. The number of hydrogen-bond acceptors (Lipinski definition) is 3. The van der Waals surface area contributed by atoms with E-state index in [1.54, 1.807) is 0 Å². The molecule has 2 nitrogen and oxygen atoms in total. The Hall–Kier alpha value is -1.56. The molecule has 0 radical (unpaired) electrons. The second-order valence-corrected chi connectivity index (χ2v) is 3.68. The third kappa shape index (κ3) is 1.80. The van der Waals surface area contributed by atoms with Crippen molar-refractivity contribution in [3.8, 4) is 10.6 Å². The summed E-state index contributed by atoms with van der Waals surface area (Å²) in [4.78, 5) is 3.73. The van der Waals surface area contributed by atoms with Crippen LogP contribution in [0.15, 0.2) is 17.5 Å². The van der Waals surface area contributed by atoms with E-state index in [9.17, 15) is 13.2 Å². The van der Waals surface area contributed by atoms with Crippen LogP contribution < -0.4 is 5.73 Å². The van der Waals surface area contributed by atoms with Gasteiger partial charge in [0.15, 0.2) is 0 Å². The molecule has 2 N–H and O–H groups in total. The molecule has 78 valence electrons. The fourth-order valence-corrected chi connectivity index (χ4v) is 1.90. The van der Waals surface area contributed by atoms with Gasteiger partial charge in [-0.1, -0.05) is 0 Å². The second-order valence-electron chi connectivity index (χ2n) is 2.82. The first-order valence-corrected chi connectivity index (χ1v) is 4.82. The van der Waals surface area contributed by atoms with E-state index in [1.807, 2.05) is 0 Å². The number of anilines is 1. The van der Waals surface area contributed by atoms with Gasteiger partial charge in [-0.3, -0.25) is 0 Å². The summed E-state index contributed by atoms with van der Waals surface area (Å²) in [5.41, 5.74) is 4.98. The van der Waals surface area contributed by atoms with Crippen LogP contribution in [0.3, 0.4) is 0 Å². The van der Waals surface area contributed by atoms with Crippen LogP contribution in [0.1, 0.15) is 0 Å². The van der Waals surface area contributed by atoms with Gasteiger partial charge in [-0.15, -0.1) is 11.3 Å². The van der Waals surface area contributed by atoms with E-state index >= 15 is 0 Å². The highest BCUT2D eigenvalue weighted by Gasteiger charge is 2.16. The highest BCUT2D eigenvalue weighted by Crippen LogP contribution is 2.30. The predicted molar refractivity (Wildman–Crippen MR) is 51.8 cm³/mol. The largest absolute Gasteiger partial charge is 0.383 e. The SMILES string of the molecule is Nc1csc(-c2c(F)cc(F)cc2F)n1. The second kappa shape index (κ2) is 3.54. The summed E-state index contributed by atoms with van der Waals surface area (Å²) in [6.45, 7) is 0. The lowest BCUT2D eigenvalue weighted by atomic mass is 10.2. The van der Waals surface area contributed by atoms with Gasteiger partial charge in [-0.25, -0.2) is 18.2 Å². The Morgan fingerprint density at radius 2 is 1.73 bits per heavy atom. The minimum atomic E-state index is -0.984. The molecule has 0 saturated heterocycles. The van der Waals surface area contributed by atoms with Gasteiger partial charge in [-0.05, 0) is 0 Å². The molecule has 2 aromatic rings. The van der Waals surface area contributed by atoms with Crippen molar-refractivity contribution in [3.63, 3.8) is 0 Å². The fourth-order valence-electron chi connectivity index (χ4n) is 1.15. The van der Waals surface area contributed by atoms with Crippen LogP contribution in [0.2, 0.25) is 0 Å².